The van der Waals surface area contributed by atoms with Crippen molar-refractivity contribution in [2.75, 3.05) is 7.11 Å². The summed E-state index contributed by atoms with van der Waals surface area (Å²) < 4.78 is 5.07. The number of methoxy groups -OCH3 is 1. The summed E-state index contributed by atoms with van der Waals surface area (Å²) in [7, 11) is 1.58. The summed E-state index contributed by atoms with van der Waals surface area (Å²) in [4.78, 5) is 27.6. The molecule has 0 spiro atoms. The molecule has 2 aromatic carbocycles. The SMILES string of the molecule is COc1ccc(C(=O)CCC(=O)c2c[nH]c3ccccc23)cc1. The zero-order valence-corrected chi connectivity index (χ0v) is 12.8. The van der Waals surface area contributed by atoms with E-state index in [2.05, 4.69) is 4.98 Å². The van der Waals surface area contributed by atoms with Crippen LogP contribution < -0.4 is 4.74 Å². The van der Waals surface area contributed by atoms with E-state index in [0.29, 0.717) is 16.9 Å². The van der Waals surface area contributed by atoms with Crippen LogP contribution in [0.1, 0.15) is 33.6 Å². The maximum Gasteiger partial charge on any atom is 0.165 e. The highest BCUT2D eigenvalue weighted by atomic mass is 16.5. The van der Waals surface area contributed by atoms with E-state index in [-0.39, 0.29) is 24.4 Å². The molecule has 4 heteroatoms. The number of H-pyrrole nitrogens is 1. The number of carbonyl (C=O) groups is 2. The first kappa shape index (κ1) is 15.0. The van der Waals surface area contributed by atoms with Crippen molar-refractivity contribution in [3.8, 4) is 5.75 Å². The van der Waals surface area contributed by atoms with Crippen LogP contribution in [0.5, 0.6) is 5.75 Å². The van der Waals surface area contributed by atoms with Crippen LogP contribution in [-0.2, 0) is 0 Å². The smallest absolute Gasteiger partial charge is 0.165 e. The van der Waals surface area contributed by atoms with Gasteiger partial charge in [0.2, 0.25) is 0 Å². The highest BCUT2D eigenvalue weighted by Crippen LogP contribution is 2.20. The number of nitrogens with one attached hydrogen (secondary N) is 1. The van der Waals surface area contributed by atoms with Gasteiger partial charge in [-0.3, -0.25) is 9.59 Å². The second-order valence-electron chi connectivity index (χ2n) is 5.32. The lowest BCUT2D eigenvalue weighted by atomic mass is 10.0. The largest absolute Gasteiger partial charge is 0.497 e. The summed E-state index contributed by atoms with van der Waals surface area (Å²) in [5.74, 6) is 0.640. The first-order chi connectivity index (χ1) is 11.2. The fourth-order valence-electron chi connectivity index (χ4n) is 2.59. The average Bonchev–Trinajstić information content (AvgIpc) is 3.03. The molecular weight excluding hydrogens is 290 g/mol. The van der Waals surface area contributed by atoms with E-state index in [1.807, 2.05) is 24.3 Å². The van der Waals surface area contributed by atoms with Gasteiger partial charge in [-0.1, -0.05) is 18.2 Å². The molecule has 0 unspecified atom stereocenters. The average molecular weight is 307 g/mol. The first-order valence-electron chi connectivity index (χ1n) is 7.45. The maximum atomic E-state index is 12.4. The second kappa shape index (κ2) is 6.48. The highest BCUT2D eigenvalue weighted by molar-refractivity contribution is 6.09. The third kappa shape index (κ3) is 3.16. The summed E-state index contributed by atoms with van der Waals surface area (Å²) in [6.07, 6.45) is 2.11. The Kier molecular flexibility index (Phi) is 4.24. The van der Waals surface area contributed by atoms with E-state index < -0.39 is 0 Å². The minimum absolute atomic E-state index is 0.0238. The Morgan fingerprint density at radius 2 is 1.65 bits per heavy atom. The third-order valence-corrected chi connectivity index (χ3v) is 3.88. The Morgan fingerprint density at radius 1 is 0.957 bits per heavy atom. The Balaban J connectivity index is 1.67. The zero-order chi connectivity index (χ0) is 16.2. The Labute approximate surface area is 134 Å². The molecule has 0 aliphatic heterocycles. The number of rotatable bonds is 6. The summed E-state index contributed by atoms with van der Waals surface area (Å²) in [5, 5.41) is 0.898. The van der Waals surface area contributed by atoms with Crippen LogP contribution in [0.3, 0.4) is 0 Å². The molecule has 1 aromatic heterocycles. The first-order valence-corrected chi connectivity index (χ1v) is 7.45. The Hall–Kier alpha value is -2.88. The van der Waals surface area contributed by atoms with Crippen LogP contribution in [-0.4, -0.2) is 23.7 Å². The molecule has 0 saturated heterocycles. The fraction of sp³-hybridized carbons (Fsp3) is 0.158. The highest BCUT2D eigenvalue weighted by Gasteiger charge is 2.14. The number of ketones is 2. The molecule has 116 valence electrons. The summed E-state index contributed by atoms with van der Waals surface area (Å²) >= 11 is 0. The van der Waals surface area contributed by atoms with Gasteiger partial charge in [0, 0.05) is 41.1 Å². The number of aromatic amines is 1. The molecule has 0 saturated carbocycles. The second-order valence-corrected chi connectivity index (χ2v) is 5.32. The fourth-order valence-corrected chi connectivity index (χ4v) is 2.59. The van der Waals surface area contributed by atoms with Crippen molar-refractivity contribution in [1.29, 1.82) is 0 Å². The molecule has 0 aliphatic carbocycles. The Morgan fingerprint density at radius 3 is 2.39 bits per heavy atom. The predicted molar refractivity (Wildman–Crippen MR) is 89.2 cm³/mol. The lowest BCUT2D eigenvalue weighted by Crippen LogP contribution is -2.05. The number of aromatic nitrogens is 1. The molecule has 0 amide bonds. The molecule has 3 rings (SSSR count). The van der Waals surface area contributed by atoms with E-state index in [1.165, 1.54) is 0 Å². The molecular formula is C19H17NO3. The van der Waals surface area contributed by atoms with Crippen LogP contribution in [0.25, 0.3) is 10.9 Å². The van der Waals surface area contributed by atoms with Gasteiger partial charge in [0.1, 0.15) is 5.75 Å². The number of carbonyl (C=O) groups excluding carboxylic acids is 2. The molecule has 4 nitrogen and oxygen atoms in total. The van der Waals surface area contributed by atoms with Gasteiger partial charge in [-0.05, 0) is 30.3 Å². The lowest BCUT2D eigenvalue weighted by Gasteiger charge is -2.03. The summed E-state index contributed by atoms with van der Waals surface area (Å²) in [6, 6.07) is 14.6. The van der Waals surface area contributed by atoms with Crippen molar-refractivity contribution in [2.24, 2.45) is 0 Å². The summed E-state index contributed by atoms with van der Waals surface area (Å²) in [5.41, 5.74) is 2.16. The molecule has 0 aliphatic rings. The van der Waals surface area contributed by atoms with Crippen molar-refractivity contribution in [3.05, 3.63) is 65.9 Å². The molecule has 0 fully saturated rings. The quantitative estimate of drug-likeness (QED) is 0.700. The van der Waals surface area contributed by atoms with E-state index in [1.54, 1.807) is 37.6 Å². The number of ether oxygens (including phenoxy) is 1. The topological polar surface area (TPSA) is 59.2 Å². The van der Waals surface area contributed by atoms with Crippen molar-refractivity contribution < 1.29 is 14.3 Å². The van der Waals surface area contributed by atoms with Crippen molar-refractivity contribution in [1.82, 2.24) is 4.98 Å². The van der Waals surface area contributed by atoms with Gasteiger partial charge in [-0.25, -0.2) is 0 Å². The van der Waals surface area contributed by atoms with E-state index in [4.69, 9.17) is 4.74 Å². The number of fused-ring (bicyclic) bond motifs is 1. The zero-order valence-electron chi connectivity index (χ0n) is 12.8. The standard InChI is InChI=1S/C19H17NO3/c1-23-14-8-6-13(7-9-14)18(21)10-11-19(22)16-12-20-17-5-3-2-4-15(16)17/h2-9,12,20H,10-11H2,1H3. The maximum absolute atomic E-state index is 12.4. The number of benzene rings is 2. The van der Waals surface area contributed by atoms with Crippen LogP contribution in [0.4, 0.5) is 0 Å². The van der Waals surface area contributed by atoms with Gasteiger partial charge < -0.3 is 9.72 Å². The number of para-hydroxylation sites is 1. The molecule has 0 radical (unpaired) electrons. The van der Waals surface area contributed by atoms with Gasteiger partial charge >= 0.3 is 0 Å². The van der Waals surface area contributed by atoms with Crippen molar-refractivity contribution in [3.63, 3.8) is 0 Å². The lowest BCUT2D eigenvalue weighted by molar-refractivity contribution is 0.0918. The monoisotopic (exact) mass is 307 g/mol. The van der Waals surface area contributed by atoms with Crippen LogP contribution in [0.15, 0.2) is 54.7 Å². The van der Waals surface area contributed by atoms with Crippen LogP contribution in [0, 0.1) is 0 Å². The summed E-state index contributed by atoms with van der Waals surface area (Å²) in [6.45, 7) is 0. The molecule has 1 heterocycles. The van der Waals surface area contributed by atoms with Crippen LogP contribution in [0.2, 0.25) is 0 Å². The molecule has 0 atom stereocenters. The third-order valence-electron chi connectivity index (χ3n) is 3.88. The van der Waals surface area contributed by atoms with E-state index in [0.717, 1.165) is 10.9 Å². The number of hydrogen-bond donors (Lipinski definition) is 1. The molecule has 3 aromatic rings. The Bertz CT molecular complexity index is 846. The van der Waals surface area contributed by atoms with E-state index >= 15 is 0 Å². The van der Waals surface area contributed by atoms with Crippen LogP contribution >= 0.6 is 0 Å². The van der Waals surface area contributed by atoms with Gasteiger partial charge in [0.05, 0.1) is 7.11 Å². The number of Topliss-reactive ketones (excluding diaryl/α,β-unsaturated/α-hetero) is 2. The van der Waals surface area contributed by atoms with Gasteiger partial charge in [0.25, 0.3) is 0 Å². The van der Waals surface area contributed by atoms with Gasteiger partial charge in [0.15, 0.2) is 11.6 Å². The number of hydrogen-bond acceptors (Lipinski definition) is 3. The van der Waals surface area contributed by atoms with Gasteiger partial charge in [-0.2, -0.15) is 0 Å². The predicted octanol–water partition coefficient (Wildman–Crippen LogP) is 4.02. The van der Waals surface area contributed by atoms with Crippen molar-refractivity contribution >= 4 is 22.5 Å². The molecule has 23 heavy (non-hydrogen) atoms. The minimum atomic E-state index is -0.0409. The van der Waals surface area contributed by atoms with E-state index in [9.17, 15) is 9.59 Å². The van der Waals surface area contributed by atoms with Crippen molar-refractivity contribution in [2.45, 2.75) is 12.8 Å². The molecule has 0 bridgehead atoms. The molecule has 1 N–H and O–H groups in total. The minimum Gasteiger partial charge on any atom is -0.497 e. The van der Waals surface area contributed by atoms with Gasteiger partial charge in [-0.15, -0.1) is 0 Å². The normalized spacial score (nSPS) is 10.7.